The number of hydrogen-bond donors (Lipinski definition) is 2. The van der Waals surface area contributed by atoms with Crippen LogP contribution in [0.1, 0.15) is 24.1 Å². The molecule has 1 amide bonds. The molecule has 5 nitrogen and oxygen atoms in total. The van der Waals surface area contributed by atoms with Crippen LogP contribution in [0.3, 0.4) is 0 Å². The molecule has 25 heavy (non-hydrogen) atoms. The highest BCUT2D eigenvalue weighted by atomic mass is 32.1. The predicted molar refractivity (Wildman–Crippen MR) is 93.9 cm³/mol. The number of aromatic nitrogens is 1. The summed E-state index contributed by atoms with van der Waals surface area (Å²) in [6.45, 7) is 1.87. The number of carbonyl (C=O) groups is 2. The zero-order valence-electron chi connectivity index (χ0n) is 13.6. The van der Waals surface area contributed by atoms with Crippen molar-refractivity contribution in [2.45, 2.75) is 26.2 Å². The van der Waals surface area contributed by atoms with Gasteiger partial charge in [-0.2, -0.15) is 0 Å². The van der Waals surface area contributed by atoms with Gasteiger partial charge in [0.05, 0.1) is 11.6 Å². The molecule has 1 unspecified atom stereocenters. The number of aliphatic carboxylic acids is 1. The molecule has 130 valence electrons. The Hall–Kier alpha value is -2.54. The van der Waals surface area contributed by atoms with Gasteiger partial charge in [0.15, 0.2) is 5.13 Å². The number of halogens is 1. The number of rotatable bonds is 4. The van der Waals surface area contributed by atoms with Crippen molar-refractivity contribution in [3.8, 4) is 11.3 Å². The number of nitrogens with one attached hydrogen (secondary N) is 1. The van der Waals surface area contributed by atoms with E-state index in [0.29, 0.717) is 23.7 Å². The third kappa shape index (κ3) is 3.76. The molecule has 1 aromatic heterocycles. The average molecular weight is 360 g/mol. The summed E-state index contributed by atoms with van der Waals surface area (Å²) in [5, 5.41) is 12.4. The smallest absolute Gasteiger partial charge is 0.311 e. The van der Waals surface area contributed by atoms with Crippen LogP contribution >= 0.6 is 11.3 Å². The van der Waals surface area contributed by atoms with Gasteiger partial charge in [-0.15, -0.1) is 11.3 Å². The van der Waals surface area contributed by atoms with Crippen LogP contribution in [-0.4, -0.2) is 22.0 Å². The van der Waals surface area contributed by atoms with Crippen LogP contribution in [0, 0.1) is 18.7 Å². The molecule has 0 fully saturated rings. The molecule has 2 N–H and O–H groups in total. The standard InChI is InChI=1S/C18H17FN2O3S/c1-10-15(11-6-8-12(19)9-7-11)20-18(25-10)21-16(22)13-4-2-3-5-14(13)17(23)24/h4,6-9,14H,2-3,5H2,1H3,(H,23,24)(H,20,21,22). The van der Waals surface area contributed by atoms with Crippen LogP contribution in [0.2, 0.25) is 0 Å². The highest BCUT2D eigenvalue weighted by Crippen LogP contribution is 2.32. The Kier molecular flexibility index (Phi) is 4.94. The lowest BCUT2D eigenvalue weighted by Gasteiger charge is -2.19. The first kappa shape index (κ1) is 17.3. The number of carbonyl (C=O) groups excluding carboxylic acids is 1. The number of allylic oxidation sites excluding steroid dienone is 1. The number of amides is 1. The Morgan fingerprint density at radius 3 is 2.72 bits per heavy atom. The predicted octanol–water partition coefficient (Wildman–Crippen LogP) is 4.01. The summed E-state index contributed by atoms with van der Waals surface area (Å²) in [6.07, 6.45) is 3.62. The molecule has 7 heteroatoms. The van der Waals surface area contributed by atoms with E-state index in [1.807, 2.05) is 6.92 Å². The van der Waals surface area contributed by atoms with Crippen LogP contribution in [-0.2, 0) is 9.59 Å². The number of nitrogens with zero attached hydrogens (tertiary/aromatic N) is 1. The van der Waals surface area contributed by atoms with Gasteiger partial charge in [-0.3, -0.25) is 14.9 Å². The summed E-state index contributed by atoms with van der Waals surface area (Å²) >= 11 is 1.30. The summed E-state index contributed by atoms with van der Waals surface area (Å²) in [5.41, 5.74) is 1.72. The van der Waals surface area contributed by atoms with Crippen LogP contribution in [0.15, 0.2) is 35.9 Å². The third-order valence-corrected chi connectivity index (χ3v) is 5.02. The normalized spacial score (nSPS) is 17.0. The SMILES string of the molecule is Cc1sc(NC(=O)C2=CCCCC2C(=O)O)nc1-c1ccc(F)cc1. The summed E-state index contributed by atoms with van der Waals surface area (Å²) in [6, 6.07) is 5.98. The van der Waals surface area contributed by atoms with Gasteiger partial charge in [0.2, 0.25) is 0 Å². The van der Waals surface area contributed by atoms with Gasteiger partial charge in [0.1, 0.15) is 5.82 Å². The number of carboxylic acids is 1. The summed E-state index contributed by atoms with van der Waals surface area (Å²) < 4.78 is 13.1. The largest absolute Gasteiger partial charge is 0.481 e. The second kappa shape index (κ2) is 7.14. The highest BCUT2D eigenvalue weighted by molar-refractivity contribution is 7.16. The van der Waals surface area contributed by atoms with Gasteiger partial charge in [0.25, 0.3) is 5.91 Å². The molecule has 0 saturated carbocycles. The fourth-order valence-electron chi connectivity index (χ4n) is 2.88. The Balaban J connectivity index is 1.80. The maximum Gasteiger partial charge on any atom is 0.311 e. The number of thiazole rings is 1. The Morgan fingerprint density at radius 1 is 1.32 bits per heavy atom. The van der Waals surface area contributed by atoms with E-state index < -0.39 is 17.8 Å². The monoisotopic (exact) mass is 360 g/mol. The Bertz CT molecular complexity index is 843. The minimum atomic E-state index is -0.983. The highest BCUT2D eigenvalue weighted by Gasteiger charge is 2.29. The number of carboxylic acid groups (broad SMARTS) is 1. The lowest BCUT2D eigenvalue weighted by atomic mass is 9.87. The maximum atomic E-state index is 13.1. The molecule has 0 saturated heterocycles. The summed E-state index contributed by atoms with van der Waals surface area (Å²) in [4.78, 5) is 29.1. The molecule has 1 aliphatic rings. The lowest BCUT2D eigenvalue weighted by molar-refractivity contribution is -0.141. The molecular formula is C18H17FN2O3S. The molecule has 1 heterocycles. The molecule has 1 atom stereocenters. The average Bonchev–Trinajstić information content (AvgIpc) is 2.95. The topological polar surface area (TPSA) is 79.3 Å². The summed E-state index contributed by atoms with van der Waals surface area (Å²) in [5.74, 6) is -2.50. The molecule has 1 aliphatic carbocycles. The lowest BCUT2D eigenvalue weighted by Crippen LogP contribution is -2.27. The van der Waals surface area contributed by atoms with Gasteiger partial charge < -0.3 is 5.11 Å². The fourth-order valence-corrected chi connectivity index (χ4v) is 3.71. The number of anilines is 1. The molecule has 0 aliphatic heterocycles. The quantitative estimate of drug-likeness (QED) is 0.863. The maximum absolute atomic E-state index is 13.1. The van der Waals surface area contributed by atoms with E-state index in [4.69, 9.17) is 0 Å². The minimum Gasteiger partial charge on any atom is -0.481 e. The van der Waals surface area contributed by atoms with E-state index in [0.717, 1.165) is 16.9 Å². The van der Waals surface area contributed by atoms with Crippen molar-refractivity contribution in [2.24, 2.45) is 5.92 Å². The van der Waals surface area contributed by atoms with Gasteiger partial charge in [-0.1, -0.05) is 6.08 Å². The second-order valence-electron chi connectivity index (χ2n) is 5.87. The van der Waals surface area contributed by atoms with Gasteiger partial charge in [0, 0.05) is 16.0 Å². The molecule has 1 aromatic carbocycles. The van der Waals surface area contributed by atoms with Crippen molar-refractivity contribution >= 4 is 28.3 Å². The zero-order chi connectivity index (χ0) is 18.0. The number of aryl methyl sites for hydroxylation is 1. The van der Waals surface area contributed by atoms with E-state index in [1.54, 1.807) is 18.2 Å². The zero-order valence-corrected chi connectivity index (χ0v) is 14.4. The third-order valence-electron chi connectivity index (χ3n) is 4.13. The van der Waals surface area contributed by atoms with Crippen molar-refractivity contribution in [1.82, 2.24) is 4.98 Å². The van der Waals surface area contributed by atoms with E-state index in [1.165, 1.54) is 23.5 Å². The Morgan fingerprint density at radius 2 is 2.04 bits per heavy atom. The van der Waals surface area contributed by atoms with Crippen molar-refractivity contribution < 1.29 is 19.1 Å². The molecule has 0 bridgehead atoms. The fraction of sp³-hybridized carbons (Fsp3) is 0.278. The summed E-state index contributed by atoms with van der Waals surface area (Å²) in [7, 11) is 0. The van der Waals surface area contributed by atoms with Crippen molar-refractivity contribution in [3.63, 3.8) is 0 Å². The van der Waals surface area contributed by atoms with Crippen LogP contribution in [0.5, 0.6) is 0 Å². The van der Waals surface area contributed by atoms with Crippen molar-refractivity contribution in [1.29, 1.82) is 0 Å². The van der Waals surface area contributed by atoms with Crippen LogP contribution < -0.4 is 5.32 Å². The van der Waals surface area contributed by atoms with Crippen LogP contribution in [0.25, 0.3) is 11.3 Å². The van der Waals surface area contributed by atoms with E-state index in [2.05, 4.69) is 10.3 Å². The van der Waals surface area contributed by atoms with Gasteiger partial charge >= 0.3 is 5.97 Å². The van der Waals surface area contributed by atoms with Gasteiger partial charge in [-0.05, 0) is 50.5 Å². The van der Waals surface area contributed by atoms with Crippen molar-refractivity contribution in [3.05, 3.63) is 46.6 Å². The van der Waals surface area contributed by atoms with E-state index in [-0.39, 0.29) is 11.4 Å². The molecule has 0 radical (unpaired) electrons. The van der Waals surface area contributed by atoms with Gasteiger partial charge in [-0.25, -0.2) is 9.37 Å². The first-order chi connectivity index (χ1) is 12.0. The van der Waals surface area contributed by atoms with Crippen LogP contribution in [0.4, 0.5) is 9.52 Å². The first-order valence-electron chi connectivity index (χ1n) is 7.93. The van der Waals surface area contributed by atoms with Crippen molar-refractivity contribution in [2.75, 3.05) is 5.32 Å². The molecule has 3 rings (SSSR count). The number of benzene rings is 1. The second-order valence-corrected chi connectivity index (χ2v) is 7.07. The number of hydrogen-bond acceptors (Lipinski definition) is 4. The molecule has 2 aromatic rings. The Labute approximate surface area is 148 Å². The first-order valence-corrected chi connectivity index (χ1v) is 8.75. The van der Waals surface area contributed by atoms with E-state index in [9.17, 15) is 19.1 Å². The molecule has 0 spiro atoms. The minimum absolute atomic E-state index is 0.287. The van der Waals surface area contributed by atoms with E-state index >= 15 is 0 Å². The molecular weight excluding hydrogens is 343 g/mol.